The Labute approximate surface area is 129 Å². The van der Waals surface area contributed by atoms with Gasteiger partial charge in [0.05, 0.1) is 6.54 Å². The average Bonchev–Trinajstić information content (AvgIpc) is 3.00. The van der Waals surface area contributed by atoms with Crippen molar-refractivity contribution < 1.29 is 0 Å². The van der Waals surface area contributed by atoms with Crippen molar-refractivity contribution in [2.75, 3.05) is 27.2 Å². The van der Waals surface area contributed by atoms with Gasteiger partial charge in [0.1, 0.15) is 0 Å². The molecule has 1 aliphatic rings. The van der Waals surface area contributed by atoms with Crippen molar-refractivity contribution in [1.82, 2.24) is 15.5 Å². The molecular formula is C13H29IN4. The molecule has 0 saturated heterocycles. The lowest BCUT2D eigenvalue weighted by Gasteiger charge is -2.23. The minimum Gasteiger partial charge on any atom is -0.357 e. The summed E-state index contributed by atoms with van der Waals surface area (Å²) in [6, 6.07) is 1.02. The first-order chi connectivity index (χ1) is 8.04. The molecule has 0 aliphatic heterocycles. The summed E-state index contributed by atoms with van der Waals surface area (Å²) in [5.74, 6) is 1.80. The third-order valence-electron chi connectivity index (χ3n) is 3.04. The Morgan fingerprint density at radius 3 is 2.33 bits per heavy atom. The van der Waals surface area contributed by atoms with Gasteiger partial charge in [0, 0.05) is 18.6 Å². The summed E-state index contributed by atoms with van der Waals surface area (Å²) in [7, 11) is 4.31. The van der Waals surface area contributed by atoms with Gasteiger partial charge in [-0.15, -0.1) is 24.0 Å². The lowest BCUT2D eigenvalue weighted by molar-refractivity contribution is 0.271. The maximum absolute atomic E-state index is 4.69. The van der Waals surface area contributed by atoms with Crippen LogP contribution in [-0.4, -0.2) is 50.1 Å². The van der Waals surface area contributed by atoms with Crippen LogP contribution in [-0.2, 0) is 0 Å². The molecule has 0 aromatic carbocycles. The van der Waals surface area contributed by atoms with E-state index in [0.717, 1.165) is 25.0 Å². The van der Waals surface area contributed by atoms with E-state index in [1.165, 1.54) is 12.8 Å². The molecule has 2 N–H and O–H groups in total. The number of hydrogen-bond donors (Lipinski definition) is 2. The molecule has 18 heavy (non-hydrogen) atoms. The first-order valence-electron chi connectivity index (χ1n) is 6.75. The van der Waals surface area contributed by atoms with Crippen LogP contribution in [0.5, 0.6) is 0 Å². The van der Waals surface area contributed by atoms with E-state index < -0.39 is 0 Å². The van der Waals surface area contributed by atoms with Gasteiger partial charge in [-0.2, -0.15) is 0 Å². The van der Waals surface area contributed by atoms with Gasteiger partial charge in [-0.25, -0.2) is 0 Å². The molecule has 0 heterocycles. The molecule has 0 amide bonds. The van der Waals surface area contributed by atoms with Crippen molar-refractivity contribution in [1.29, 1.82) is 0 Å². The zero-order chi connectivity index (χ0) is 12.8. The van der Waals surface area contributed by atoms with Crippen LogP contribution in [0.1, 0.15) is 33.6 Å². The molecule has 1 saturated carbocycles. The smallest absolute Gasteiger partial charge is 0.191 e. The number of rotatable bonds is 6. The molecule has 0 aromatic rings. The van der Waals surface area contributed by atoms with E-state index in [9.17, 15) is 0 Å². The highest BCUT2D eigenvalue weighted by Gasteiger charge is 2.32. The molecule has 1 rings (SSSR count). The summed E-state index contributed by atoms with van der Waals surface area (Å²) >= 11 is 0. The molecule has 1 atom stereocenters. The van der Waals surface area contributed by atoms with Crippen LogP contribution in [0.15, 0.2) is 4.99 Å². The van der Waals surface area contributed by atoms with Crippen LogP contribution in [0, 0.1) is 5.92 Å². The number of nitrogens with one attached hydrogen (secondary N) is 2. The number of nitrogens with zero attached hydrogens (tertiary/aromatic N) is 2. The van der Waals surface area contributed by atoms with E-state index >= 15 is 0 Å². The zero-order valence-electron chi connectivity index (χ0n) is 12.4. The predicted octanol–water partition coefficient (Wildman–Crippen LogP) is 1.91. The predicted molar refractivity (Wildman–Crippen MR) is 89.9 cm³/mol. The molecule has 5 heteroatoms. The first-order valence-corrected chi connectivity index (χ1v) is 6.75. The van der Waals surface area contributed by atoms with Gasteiger partial charge in [0.15, 0.2) is 5.96 Å². The third-order valence-corrected chi connectivity index (χ3v) is 3.04. The fraction of sp³-hybridized carbons (Fsp3) is 0.923. The van der Waals surface area contributed by atoms with Crippen molar-refractivity contribution in [3.8, 4) is 0 Å². The largest absolute Gasteiger partial charge is 0.357 e. The maximum atomic E-state index is 4.69. The van der Waals surface area contributed by atoms with Crippen LogP contribution >= 0.6 is 24.0 Å². The summed E-state index contributed by atoms with van der Waals surface area (Å²) in [5.41, 5.74) is 0. The standard InChI is InChI=1S/C13H28N4.HI/c1-6-14-13(16-10(2)3)15-9-12(17(4)5)11-7-8-11;/h10-12H,6-9H2,1-5H3,(H2,14,15,16);1H. The van der Waals surface area contributed by atoms with E-state index in [4.69, 9.17) is 0 Å². The molecule has 0 radical (unpaired) electrons. The summed E-state index contributed by atoms with van der Waals surface area (Å²) in [4.78, 5) is 6.99. The van der Waals surface area contributed by atoms with Crippen LogP contribution < -0.4 is 10.6 Å². The van der Waals surface area contributed by atoms with Crippen molar-refractivity contribution in [3.63, 3.8) is 0 Å². The van der Waals surface area contributed by atoms with Crippen LogP contribution in [0.2, 0.25) is 0 Å². The third kappa shape index (κ3) is 6.78. The monoisotopic (exact) mass is 368 g/mol. The summed E-state index contributed by atoms with van der Waals surface area (Å²) < 4.78 is 0. The van der Waals surface area contributed by atoms with Crippen LogP contribution in [0.25, 0.3) is 0 Å². The molecule has 1 aliphatic carbocycles. The Balaban J connectivity index is 0.00000289. The topological polar surface area (TPSA) is 39.7 Å². The second kappa shape index (κ2) is 8.96. The number of guanidine groups is 1. The fourth-order valence-corrected chi connectivity index (χ4v) is 1.99. The first kappa shape index (κ1) is 18.0. The minimum absolute atomic E-state index is 0. The zero-order valence-corrected chi connectivity index (χ0v) is 14.7. The Hall–Kier alpha value is -0.0400. The highest BCUT2D eigenvalue weighted by Crippen LogP contribution is 2.34. The highest BCUT2D eigenvalue weighted by molar-refractivity contribution is 14.0. The number of hydrogen-bond acceptors (Lipinski definition) is 2. The van der Waals surface area contributed by atoms with Crippen molar-refractivity contribution in [2.45, 2.75) is 45.7 Å². The quantitative estimate of drug-likeness (QED) is 0.428. The second-order valence-electron chi connectivity index (χ2n) is 5.39. The molecule has 0 spiro atoms. The number of likely N-dealkylation sites (N-methyl/N-ethyl adjacent to an activating group) is 1. The van der Waals surface area contributed by atoms with E-state index in [1.54, 1.807) is 0 Å². The molecule has 0 bridgehead atoms. The van der Waals surface area contributed by atoms with Crippen LogP contribution in [0.4, 0.5) is 0 Å². The molecule has 0 aromatic heterocycles. The van der Waals surface area contributed by atoms with E-state index in [0.29, 0.717) is 12.1 Å². The van der Waals surface area contributed by atoms with Crippen molar-refractivity contribution in [2.24, 2.45) is 10.9 Å². The molecule has 1 fully saturated rings. The Kier molecular flexibility index (Phi) is 8.94. The molecule has 108 valence electrons. The van der Waals surface area contributed by atoms with E-state index in [1.807, 2.05) is 0 Å². The second-order valence-corrected chi connectivity index (χ2v) is 5.39. The molecular weight excluding hydrogens is 339 g/mol. The summed E-state index contributed by atoms with van der Waals surface area (Å²) in [5, 5.41) is 6.64. The minimum atomic E-state index is 0. The van der Waals surface area contributed by atoms with E-state index in [-0.39, 0.29) is 24.0 Å². The average molecular weight is 368 g/mol. The van der Waals surface area contributed by atoms with Gasteiger partial charge in [0.25, 0.3) is 0 Å². The van der Waals surface area contributed by atoms with Crippen LogP contribution in [0.3, 0.4) is 0 Å². The van der Waals surface area contributed by atoms with Gasteiger partial charge in [-0.1, -0.05) is 0 Å². The van der Waals surface area contributed by atoms with Crippen molar-refractivity contribution in [3.05, 3.63) is 0 Å². The normalized spacial score (nSPS) is 17.6. The van der Waals surface area contributed by atoms with Gasteiger partial charge in [-0.05, 0) is 53.6 Å². The molecule has 1 unspecified atom stereocenters. The van der Waals surface area contributed by atoms with Crippen molar-refractivity contribution >= 4 is 29.9 Å². The Bertz CT molecular complexity index is 247. The van der Waals surface area contributed by atoms with E-state index in [2.05, 4.69) is 55.4 Å². The van der Waals surface area contributed by atoms with Gasteiger partial charge in [-0.3, -0.25) is 4.99 Å². The summed E-state index contributed by atoms with van der Waals surface area (Å²) in [6.07, 6.45) is 2.74. The lowest BCUT2D eigenvalue weighted by atomic mass is 10.2. The van der Waals surface area contributed by atoms with Gasteiger partial charge in [0.2, 0.25) is 0 Å². The van der Waals surface area contributed by atoms with Gasteiger partial charge < -0.3 is 15.5 Å². The Morgan fingerprint density at radius 1 is 1.33 bits per heavy atom. The highest BCUT2D eigenvalue weighted by atomic mass is 127. The molecule has 4 nitrogen and oxygen atoms in total. The number of halogens is 1. The lowest BCUT2D eigenvalue weighted by Crippen LogP contribution is -2.42. The fourth-order valence-electron chi connectivity index (χ4n) is 1.99. The SMILES string of the molecule is CCNC(=NCC(C1CC1)N(C)C)NC(C)C.I. The Morgan fingerprint density at radius 2 is 1.94 bits per heavy atom. The number of aliphatic imine (C=N–C) groups is 1. The van der Waals surface area contributed by atoms with Gasteiger partial charge >= 0.3 is 0 Å². The summed E-state index contributed by atoms with van der Waals surface area (Å²) in [6.45, 7) is 8.17. The maximum Gasteiger partial charge on any atom is 0.191 e.